The normalized spacial score (nSPS) is 19.0. The number of fused-ring (bicyclic) bond motifs is 1. The van der Waals surface area contributed by atoms with Gasteiger partial charge in [0.05, 0.1) is 5.69 Å². The molecule has 1 saturated heterocycles. The predicted molar refractivity (Wildman–Crippen MR) is 85.0 cm³/mol. The van der Waals surface area contributed by atoms with Gasteiger partial charge in [0.1, 0.15) is 11.3 Å². The second-order valence-electron chi connectivity index (χ2n) is 5.50. The van der Waals surface area contributed by atoms with Gasteiger partial charge in [-0.25, -0.2) is 4.79 Å². The van der Waals surface area contributed by atoms with E-state index in [-0.39, 0.29) is 18.1 Å². The number of hydrogen-bond donors (Lipinski definition) is 3. The number of amides is 2. The Balaban J connectivity index is 1.81. The van der Waals surface area contributed by atoms with Crippen LogP contribution in [0, 0.1) is 0 Å². The van der Waals surface area contributed by atoms with Gasteiger partial charge in [-0.3, -0.25) is 9.59 Å². The van der Waals surface area contributed by atoms with E-state index in [9.17, 15) is 19.5 Å². The largest absolute Gasteiger partial charge is 0.482 e. The van der Waals surface area contributed by atoms with Crippen LogP contribution in [0.1, 0.15) is 23.2 Å². The van der Waals surface area contributed by atoms with Gasteiger partial charge in [0.15, 0.2) is 6.61 Å². The van der Waals surface area contributed by atoms with Gasteiger partial charge in [0.25, 0.3) is 11.8 Å². The molecule has 1 aromatic rings. The molecule has 0 atom stereocenters. The molecule has 1 aromatic carbocycles. The minimum atomic E-state index is -1.22. The van der Waals surface area contributed by atoms with Gasteiger partial charge in [0, 0.05) is 5.56 Å². The fourth-order valence-corrected chi connectivity index (χ4v) is 3.82. The molecule has 2 aliphatic rings. The van der Waals surface area contributed by atoms with Crippen molar-refractivity contribution in [1.29, 1.82) is 0 Å². The molecule has 2 amide bonds. The maximum Gasteiger partial charge on any atom is 0.329 e. The van der Waals surface area contributed by atoms with Crippen LogP contribution in [0.25, 0.3) is 0 Å². The molecular weight excluding hydrogens is 320 g/mol. The molecule has 0 radical (unpaired) electrons. The Labute approximate surface area is 136 Å². The zero-order valence-electron chi connectivity index (χ0n) is 12.3. The Morgan fingerprint density at radius 2 is 2.04 bits per heavy atom. The van der Waals surface area contributed by atoms with E-state index in [0.717, 1.165) is 0 Å². The number of carboxylic acid groups (broad SMARTS) is 1. The van der Waals surface area contributed by atoms with Crippen molar-refractivity contribution in [3.8, 4) is 5.75 Å². The number of benzene rings is 1. The highest BCUT2D eigenvalue weighted by Gasteiger charge is 2.41. The van der Waals surface area contributed by atoms with E-state index in [1.54, 1.807) is 23.9 Å². The zero-order valence-corrected chi connectivity index (χ0v) is 13.1. The SMILES string of the molecule is O=C1COc2ccc(C(=O)NC3(C(=O)O)CCSCC3)cc2N1. The Kier molecular flexibility index (Phi) is 4.16. The molecule has 122 valence electrons. The van der Waals surface area contributed by atoms with E-state index >= 15 is 0 Å². The van der Waals surface area contributed by atoms with Crippen LogP contribution in [0.5, 0.6) is 5.75 Å². The number of carbonyl (C=O) groups excluding carboxylic acids is 2. The molecule has 0 bridgehead atoms. The second kappa shape index (κ2) is 6.11. The summed E-state index contributed by atoms with van der Waals surface area (Å²) >= 11 is 1.68. The van der Waals surface area contributed by atoms with Crippen molar-refractivity contribution in [3.63, 3.8) is 0 Å². The van der Waals surface area contributed by atoms with Crippen molar-refractivity contribution in [1.82, 2.24) is 5.32 Å². The molecule has 7 nitrogen and oxygen atoms in total. The van der Waals surface area contributed by atoms with Crippen molar-refractivity contribution in [3.05, 3.63) is 23.8 Å². The van der Waals surface area contributed by atoms with Gasteiger partial charge in [-0.05, 0) is 42.5 Å². The third kappa shape index (κ3) is 3.12. The van der Waals surface area contributed by atoms with Gasteiger partial charge in [0.2, 0.25) is 0 Å². The number of aliphatic carboxylic acids is 1. The standard InChI is InChI=1S/C15H16N2O5S/c18-12-8-22-11-2-1-9(7-10(11)16-12)13(19)17-15(14(20)21)3-5-23-6-4-15/h1-2,7H,3-6,8H2,(H,16,18)(H,17,19)(H,20,21). The summed E-state index contributed by atoms with van der Waals surface area (Å²) in [7, 11) is 0. The Morgan fingerprint density at radius 1 is 1.30 bits per heavy atom. The first-order valence-electron chi connectivity index (χ1n) is 7.20. The maximum atomic E-state index is 12.5. The van der Waals surface area contributed by atoms with E-state index < -0.39 is 17.4 Å². The van der Waals surface area contributed by atoms with Crippen molar-refractivity contribution in [2.75, 3.05) is 23.4 Å². The Hall–Kier alpha value is -2.22. The molecular formula is C15H16N2O5S. The van der Waals surface area contributed by atoms with Gasteiger partial charge in [-0.1, -0.05) is 0 Å². The first-order valence-corrected chi connectivity index (χ1v) is 8.36. The van der Waals surface area contributed by atoms with Gasteiger partial charge < -0.3 is 20.5 Å². The number of carbonyl (C=O) groups is 3. The molecule has 0 aliphatic carbocycles. The van der Waals surface area contributed by atoms with Gasteiger partial charge >= 0.3 is 5.97 Å². The van der Waals surface area contributed by atoms with Crippen molar-refractivity contribution < 1.29 is 24.2 Å². The van der Waals surface area contributed by atoms with Gasteiger partial charge in [-0.2, -0.15) is 11.8 Å². The number of ether oxygens (including phenoxy) is 1. The Bertz CT molecular complexity index is 670. The summed E-state index contributed by atoms with van der Waals surface area (Å²) in [5.74, 6) is 0.105. The number of carboxylic acids is 1. The lowest BCUT2D eigenvalue weighted by atomic mass is 9.91. The lowest BCUT2D eigenvalue weighted by molar-refractivity contribution is -0.144. The molecule has 0 spiro atoms. The highest BCUT2D eigenvalue weighted by Crippen LogP contribution is 2.30. The van der Waals surface area contributed by atoms with Crippen LogP contribution in [0.4, 0.5) is 5.69 Å². The zero-order chi connectivity index (χ0) is 16.4. The van der Waals surface area contributed by atoms with E-state index in [2.05, 4.69) is 10.6 Å². The molecule has 8 heteroatoms. The summed E-state index contributed by atoms with van der Waals surface area (Å²) in [6.45, 7) is -0.0572. The van der Waals surface area contributed by atoms with Crippen molar-refractivity contribution in [2.45, 2.75) is 18.4 Å². The minimum absolute atomic E-state index is 0.0572. The highest BCUT2D eigenvalue weighted by molar-refractivity contribution is 7.99. The molecule has 0 saturated carbocycles. The molecule has 3 rings (SSSR count). The van der Waals surface area contributed by atoms with Crippen LogP contribution in [0.3, 0.4) is 0 Å². The fraction of sp³-hybridized carbons (Fsp3) is 0.400. The third-order valence-corrected chi connectivity index (χ3v) is 4.97. The topological polar surface area (TPSA) is 105 Å². The van der Waals surface area contributed by atoms with Crippen LogP contribution < -0.4 is 15.4 Å². The molecule has 2 heterocycles. The first-order chi connectivity index (χ1) is 11.0. The molecule has 0 aromatic heterocycles. The summed E-state index contributed by atoms with van der Waals surface area (Å²) in [5, 5.41) is 14.8. The first kappa shape index (κ1) is 15.7. The summed E-state index contributed by atoms with van der Waals surface area (Å²) in [6.07, 6.45) is 0.785. The van der Waals surface area contributed by atoms with Crippen LogP contribution in [-0.4, -0.2) is 46.5 Å². The number of hydrogen-bond acceptors (Lipinski definition) is 5. The molecule has 0 unspecified atom stereocenters. The third-order valence-electron chi connectivity index (χ3n) is 3.98. The summed E-state index contributed by atoms with van der Waals surface area (Å²) < 4.78 is 5.24. The monoisotopic (exact) mass is 336 g/mol. The number of thioether (sulfide) groups is 1. The number of rotatable bonds is 3. The predicted octanol–water partition coefficient (Wildman–Crippen LogP) is 1.10. The molecule has 3 N–H and O–H groups in total. The summed E-state index contributed by atoms with van der Waals surface area (Å²) in [6, 6.07) is 4.64. The number of nitrogens with one attached hydrogen (secondary N) is 2. The minimum Gasteiger partial charge on any atom is -0.482 e. The highest BCUT2D eigenvalue weighted by atomic mass is 32.2. The van der Waals surface area contributed by atoms with E-state index in [1.807, 2.05) is 0 Å². The van der Waals surface area contributed by atoms with E-state index in [1.165, 1.54) is 6.07 Å². The lowest BCUT2D eigenvalue weighted by Gasteiger charge is -2.33. The van der Waals surface area contributed by atoms with E-state index in [0.29, 0.717) is 35.8 Å². The average Bonchev–Trinajstić information content (AvgIpc) is 2.54. The van der Waals surface area contributed by atoms with Crippen molar-refractivity contribution >= 4 is 35.2 Å². The van der Waals surface area contributed by atoms with Crippen LogP contribution in [0.15, 0.2) is 18.2 Å². The van der Waals surface area contributed by atoms with Crippen LogP contribution >= 0.6 is 11.8 Å². The molecule has 23 heavy (non-hydrogen) atoms. The van der Waals surface area contributed by atoms with Gasteiger partial charge in [-0.15, -0.1) is 0 Å². The lowest BCUT2D eigenvalue weighted by Crippen LogP contribution is -2.56. The Morgan fingerprint density at radius 3 is 2.74 bits per heavy atom. The average molecular weight is 336 g/mol. The smallest absolute Gasteiger partial charge is 0.329 e. The summed E-state index contributed by atoms with van der Waals surface area (Å²) in [4.78, 5) is 35.4. The fourth-order valence-electron chi connectivity index (χ4n) is 2.63. The maximum absolute atomic E-state index is 12.5. The van der Waals surface area contributed by atoms with Crippen LogP contribution in [-0.2, 0) is 9.59 Å². The second-order valence-corrected chi connectivity index (χ2v) is 6.73. The number of anilines is 1. The quantitative estimate of drug-likeness (QED) is 0.763. The van der Waals surface area contributed by atoms with Crippen LogP contribution in [0.2, 0.25) is 0 Å². The van der Waals surface area contributed by atoms with E-state index in [4.69, 9.17) is 4.74 Å². The molecule has 1 fully saturated rings. The molecule has 2 aliphatic heterocycles. The van der Waals surface area contributed by atoms with Crippen molar-refractivity contribution in [2.24, 2.45) is 0 Å². The summed E-state index contributed by atoms with van der Waals surface area (Å²) in [5.41, 5.74) is -0.524.